The Morgan fingerprint density at radius 1 is 1.03 bits per heavy atom. The van der Waals surface area contributed by atoms with E-state index in [4.69, 9.17) is 21.1 Å². The number of hydrogen-bond donors (Lipinski definition) is 1. The fourth-order valence-electron chi connectivity index (χ4n) is 3.43. The third kappa shape index (κ3) is 4.64. The lowest BCUT2D eigenvalue weighted by Gasteiger charge is -2.13. The molecule has 0 fully saturated rings. The van der Waals surface area contributed by atoms with Crippen molar-refractivity contribution in [3.05, 3.63) is 85.3 Å². The molecule has 0 radical (unpaired) electrons. The highest BCUT2D eigenvalue weighted by atomic mass is 35.5. The highest BCUT2D eigenvalue weighted by Crippen LogP contribution is 2.27. The first kappa shape index (κ1) is 22.6. The predicted octanol–water partition coefficient (Wildman–Crippen LogP) is 3.58. The van der Waals surface area contributed by atoms with Gasteiger partial charge < -0.3 is 14.8 Å². The molecule has 8 nitrogen and oxygen atoms in total. The number of ether oxygens (including phenoxy) is 2. The van der Waals surface area contributed by atoms with E-state index in [9.17, 15) is 14.4 Å². The fourth-order valence-corrected chi connectivity index (χ4v) is 4.53. The van der Waals surface area contributed by atoms with Gasteiger partial charge in [0.2, 0.25) is 5.91 Å². The molecule has 0 spiro atoms. The van der Waals surface area contributed by atoms with Crippen LogP contribution in [0.5, 0.6) is 11.5 Å². The Hall–Kier alpha value is -3.56. The number of carbonyl (C=O) groups is 1. The van der Waals surface area contributed by atoms with Crippen molar-refractivity contribution in [1.82, 2.24) is 9.13 Å². The Morgan fingerprint density at radius 2 is 1.79 bits per heavy atom. The Bertz CT molecular complexity index is 1440. The number of anilines is 1. The van der Waals surface area contributed by atoms with Crippen LogP contribution < -0.4 is 26.0 Å². The topological polar surface area (TPSA) is 91.6 Å². The van der Waals surface area contributed by atoms with Crippen molar-refractivity contribution in [2.75, 3.05) is 19.5 Å². The number of aromatic nitrogens is 2. The Balaban J connectivity index is 1.66. The molecule has 0 unspecified atom stereocenters. The maximum Gasteiger partial charge on any atom is 0.332 e. The molecule has 2 aromatic heterocycles. The summed E-state index contributed by atoms with van der Waals surface area (Å²) >= 11 is 7.35. The number of rotatable bonds is 7. The Labute approximate surface area is 197 Å². The molecule has 1 amide bonds. The quantitative estimate of drug-likeness (QED) is 0.432. The monoisotopic (exact) mass is 485 g/mol. The summed E-state index contributed by atoms with van der Waals surface area (Å²) in [5, 5.41) is 4.80. The minimum absolute atomic E-state index is 0.0746. The van der Waals surface area contributed by atoms with Gasteiger partial charge in [0.25, 0.3) is 5.56 Å². The van der Waals surface area contributed by atoms with E-state index in [1.54, 1.807) is 61.0 Å². The zero-order valence-corrected chi connectivity index (χ0v) is 19.4. The molecule has 2 aromatic carbocycles. The van der Waals surface area contributed by atoms with Gasteiger partial charge in [-0.1, -0.05) is 23.7 Å². The van der Waals surface area contributed by atoms with Crippen LogP contribution >= 0.6 is 22.9 Å². The second-order valence-corrected chi connectivity index (χ2v) is 8.46. The molecule has 4 aromatic rings. The summed E-state index contributed by atoms with van der Waals surface area (Å²) in [5.41, 5.74) is 0.690. The molecule has 1 N–H and O–H groups in total. The van der Waals surface area contributed by atoms with Crippen LogP contribution in [0.1, 0.15) is 5.56 Å². The van der Waals surface area contributed by atoms with Gasteiger partial charge in [-0.2, -0.15) is 0 Å². The number of thiophene rings is 1. The number of benzene rings is 2. The molecule has 33 heavy (non-hydrogen) atoms. The molecular formula is C23H20ClN3O5S. The lowest BCUT2D eigenvalue weighted by molar-refractivity contribution is -0.116. The minimum Gasteiger partial charge on any atom is -0.497 e. The van der Waals surface area contributed by atoms with Gasteiger partial charge in [0.05, 0.1) is 31.3 Å². The maximum atomic E-state index is 13.2. The Morgan fingerprint density at radius 3 is 2.45 bits per heavy atom. The van der Waals surface area contributed by atoms with Gasteiger partial charge in [-0.25, -0.2) is 4.79 Å². The van der Waals surface area contributed by atoms with Gasteiger partial charge in [-0.05, 0) is 47.3 Å². The number of halogens is 1. The van der Waals surface area contributed by atoms with Crippen LogP contribution in [0.3, 0.4) is 0 Å². The molecule has 0 saturated heterocycles. The highest BCUT2D eigenvalue weighted by molar-refractivity contribution is 7.17. The molecular weight excluding hydrogens is 466 g/mol. The summed E-state index contributed by atoms with van der Waals surface area (Å²) in [6.45, 7) is -0.191. The lowest BCUT2D eigenvalue weighted by atomic mass is 10.2. The van der Waals surface area contributed by atoms with Gasteiger partial charge in [-0.15, -0.1) is 11.3 Å². The SMILES string of the molecule is COc1ccc(Cn2c(=O)c3sccc3n(CC(=O)Nc3ccc(OC)c(Cl)c3)c2=O)cc1. The number of nitrogens with one attached hydrogen (secondary N) is 1. The molecule has 0 atom stereocenters. The van der Waals surface area contributed by atoms with E-state index in [2.05, 4.69) is 5.32 Å². The number of methoxy groups -OCH3 is 2. The van der Waals surface area contributed by atoms with Crippen LogP contribution in [0.25, 0.3) is 10.2 Å². The maximum absolute atomic E-state index is 13.2. The van der Waals surface area contributed by atoms with Crippen molar-refractivity contribution in [2.45, 2.75) is 13.1 Å². The van der Waals surface area contributed by atoms with Crippen molar-refractivity contribution in [2.24, 2.45) is 0 Å². The van der Waals surface area contributed by atoms with Crippen molar-refractivity contribution < 1.29 is 14.3 Å². The first-order chi connectivity index (χ1) is 15.9. The van der Waals surface area contributed by atoms with E-state index < -0.39 is 11.6 Å². The largest absolute Gasteiger partial charge is 0.497 e. The molecule has 0 saturated carbocycles. The van der Waals surface area contributed by atoms with Gasteiger partial charge in [0.1, 0.15) is 22.7 Å². The van der Waals surface area contributed by atoms with E-state index in [-0.39, 0.29) is 18.6 Å². The van der Waals surface area contributed by atoms with Crippen molar-refractivity contribution >= 4 is 44.7 Å². The second kappa shape index (κ2) is 9.51. The lowest BCUT2D eigenvalue weighted by Crippen LogP contribution is -2.41. The van der Waals surface area contributed by atoms with Gasteiger partial charge >= 0.3 is 5.69 Å². The van der Waals surface area contributed by atoms with Gasteiger partial charge in [0, 0.05) is 5.69 Å². The molecule has 0 aliphatic rings. The summed E-state index contributed by atoms with van der Waals surface area (Å²) in [4.78, 5) is 39.0. The predicted molar refractivity (Wildman–Crippen MR) is 129 cm³/mol. The van der Waals surface area contributed by atoms with Crippen LogP contribution in [0, 0.1) is 0 Å². The zero-order valence-electron chi connectivity index (χ0n) is 17.8. The summed E-state index contributed by atoms with van der Waals surface area (Å²) in [6.07, 6.45) is 0. The molecule has 2 heterocycles. The number of fused-ring (bicyclic) bond motifs is 1. The van der Waals surface area contributed by atoms with E-state index in [0.29, 0.717) is 32.4 Å². The van der Waals surface area contributed by atoms with Crippen molar-refractivity contribution in [1.29, 1.82) is 0 Å². The molecule has 0 aliphatic carbocycles. The highest BCUT2D eigenvalue weighted by Gasteiger charge is 2.17. The second-order valence-electron chi connectivity index (χ2n) is 7.14. The summed E-state index contributed by atoms with van der Waals surface area (Å²) in [6, 6.07) is 13.6. The molecule has 0 bridgehead atoms. The molecule has 0 aliphatic heterocycles. The zero-order chi connectivity index (χ0) is 23.5. The average Bonchev–Trinajstić information content (AvgIpc) is 3.30. The third-order valence-corrected chi connectivity index (χ3v) is 6.26. The standard InChI is InChI=1S/C23H20ClN3O5S/c1-31-16-6-3-14(4-7-16)12-27-22(29)21-18(9-10-33-21)26(23(27)30)13-20(28)25-15-5-8-19(32-2)17(24)11-15/h3-11H,12-13H2,1-2H3,(H,25,28). The van der Waals surface area contributed by atoms with Crippen LogP contribution in [0.15, 0.2) is 63.5 Å². The third-order valence-electron chi connectivity index (χ3n) is 5.07. The van der Waals surface area contributed by atoms with Gasteiger partial charge in [-0.3, -0.25) is 18.7 Å². The average molecular weight is 486 g/mol. The summed E-state index contributed by atoms with van der Waals surface area (Å²) in [7, 11) is 3.06. The van der Waals surface area contributed by atoms with Crippen LogP contribution in [0.2, 0.25) is 5.02 Å². The number of amides is 1. The van der Waals surface area contributed by atoms with Crippen LogP contribution in [-0.2, 0) is 17.9 Å². The normalized spacial score (nSPS) is 10.9. The molecule has 170 valence electrons. The number of carbonyl (C=O) groups excluding carboxylic acids is 1. The summed E-state index contributed by atoms with van der Waals surface area (Å²) < 4.78 is 13.1. The first-order valence-electron chi connectivity index (χ1n) is 9.88. The van der Waals surface area contributed by atoms with E-state index >= 15 is 0 Å². The minimum atomic E-state index is -0.565. The first-order valence-corrected chi connectivity index (χ1v) is 11.1. The Kier molecular flexibility index (Phi) is 6.52. The summed E-state index contributed by atoms with van der Waals surface area (Å²) in [5.74, 6) is 0.726. The number of hydrogen-bond acceptors (Lipinski definition) is 6. The molecule has 10 heteroatoms. The van der Waals surface area contributed by atoms with Crippen LogP contribution in [-0.4, -0.2) is 29.3 Å². The van der Waals surface area contributed by atoms with Crippen molar-refractivity contribution in [3.8, 4) is 11.5 Å². The van der Waals surface area contributed by atoms with E-state index in [0.717, 1.165) is 10.1 Å². The van der Waals surface area contributed by atoms with E-state index in [1.807, 2.05) is 0 Å². The van der Waals surface area contributed by atoms with Crippen molar-refractivity contribution in [3.63, 3.8) is 0 Å². The van der Waals surface area contributed by atoms with Gasteiger partial charge in [0.15, 0.2) is 0 Å². The number of nitrogens with zero attached hydrogens (tertiary/aromatic N) is 2. The molecule has 4 rings (SSSR count). The van der Waals surface area contributed by atoms with E-state index in [1.165, 1.54) is 23.0 Å². The van der Waals surface area contributed by atoms with Crippen LogP contribution in [0.4, 0.5) is 5.69 Å². The fraction of sp³-hybridized carbons (Fsp3) is 0.174. The smallest absolute Gasteiger partial charge is 0.332 e.